The standard InChI is InChI=1S/C13H22N4O/c1-10-7-17(9-13(2,3)18-10)8-11-4-5-15-12(6-11)16-14/h4-6,10H,7-9,14H2,1-3H3,(H,15,16). The van der Waals surface area contributed by atoms with Gasteiger partial charge in [0.1, 0.15) is 5.82 Å². The molecule has 2 heterocycles. The molecule has 1 saturated heterocycles. The average molecular weight is 250 g/mol. The smallest absolute Gasteiger partial charge is 0.140 e. The van der Waals surface area contributed by atoms with Gasteiger partial charge in [0.2, 0.25) is 0 Å². The fourth-order valence-corrected chi connectivity index (χ4v) is 2.62. The van der Waals surface area contributed by atoms with Crippen molar-refractivity contribution in [3.8, 4) is 0 Å². The van der Waals surface area contributed by atoms with Gasteiger partial charge in [-0.1, -0.05) is 0 Å². The molecule has 1 aromatic heterocycles. The van der Waals surface area contributed by atoms with E-state index >= 15 is 0 Å². The highest BCUT2D eigenvalue weighted by Crippen LogP contribution is 2.22. The summed E-state index contributed by atoms with van der Waals surface area (Å²) in [5, 5.41) is 0. The summed E-state index contributed by atoms with van der Waals surface area (Å²) < 4.78 is 5.90. The Balaban J connectivity index is 2.04. The largest absolute Gasteiger partial charge is 0.370 e. The first-order chi connectivity index (χ1) is 8.48. The minimum atomic E-state index is -0.0837. The highest BCUT2D eigenvalue weighted by Gasteiger charge is 2.31. The Labute approximate surface area is 108 Å². The number of nitrogens with one attached hydrogen (secondary N) is 1. The molecule has 2 rings (SSSR count). The fourth-order valence-electron chi connectivity index (χ4n) is 2.62. The van der Waals surface area contributed by atoms with Gasteiger partial charge in [-0.05, 0) is 38.5 Å². The zero-order chi connectivity index (χ0) is 13.2. The number of hydrogen-bond acceptors (Lipinski definition) is 5. The Bertz CT molecular complexity index is 408. The van der Waals surface area contributed by atoms with Crippen LogP contribution in [0.15, 0.2) is 18.3 Å². The van der Waals surface area contributed by atoms with E-state index in [4.69, 9.17) is 10.6 Å². The third-order valence-electron chi connectivity index (χ3n) is 3.02. The summed E-state index contributed by atoms with van der Waals surface area (Å²) in [7, 11) is 0. The lowest BCUT2D eigenvalue weighted by Gasteiger charge is -2.41. The number of pyridine rings is 1. The number of hydrogen-bond donors (Lipinski definition) is 2. The Morgan fingerprint density at radius 2 is 2.39 bits per heavy atom. The summed E-state index contributed by atoms with van der Waals surface area (Å²) in [6.07, 6.45) is 2.04. The molecule has 3 N–H and O–H groups in total. The molecule has 0 aromatic carbocycles. The van der Waals surface area contributed by atoms with Gasteiger partial charge in [0.15, 0.2) is 0 Å². The number of ether oxygens (including phenoxy) is 1. The van der Waals surface area contributed by atoms with E-state index in [1.807, 2.05) is 12.1 Å². The van der Waals surface area contributed by atoms with Gasteiger partial charge >= 0.3 is 0 Å². The van der Waals surface area contributed by atoms with E-state index in [0.717, 1.165) is 19.6 Å². The van der Waals surface area contributed by atoms with Crippen LogP contribution in [0, 0.1) is 0 Å². The van der Waals surface area contributed by atoms with Crippen molar-refractivity contribution in [3.63, 3.8) is 0 Å². The molecule has 1 unspecified atom stereocenters. The number of nitrogen functional groups attached to an aromatic ring is 1. The molecule has 0 spiro atoms. The van der Waals surface area contributed by atoms with Gasteiger partial charge in [-0.25, -0.2) is 10.8 Å². The molecule has 1 atom stereocenters. The Kier molecular flexibility index (Phi) is 3.85. The number of hydrazine groups is 1. The second kappa shape index (κ2) is 5.22. The molecule has 0 amide bonds. The summed E-state index contributed by atoms with van der Waals surface area (Å²) in [4.78, 5) is 6.52. The van der Waals surface area contributed by atoms with Crippen molar-refractivity contribution in [2.45, 2.75) is 39.0 Å². The summed E-state index contributed by atoms with van der Waals surface area (Å²) in [5.74, 6) is 6.07. The van der Waals surface area contributed by atoms with Crippen LogP contribution in [0.1, 0.15) is 26.3 Å². The normalized spacial score (nSPS) is 23.9. The Morgan fingerprint density at radius 1 is 1.61 bits per heavy atom. The SMILES string of the molecule is CC1CN(Cc2ccnc(NN)c2)CC(C)(C)O1. The van der Waals surface area contributed by atoms with Crippen LogP contribution in [0.2, 0.25) is 0 Å². The van der Waals surface area contributed by atoms with Crippen LogP contribution in [0.3, 0.4) is 0 Å². The van der Waals surface area contributed by atoms with Crippen LogP contribution in [-0.2, 0) is 11.3 Å². The molecule has 0 saturated carbocycles. The van der Waals surface area contributed by atoms with Gasteiger partial charge in [0.25, 0.3) is 0 Å². The van der Waals surface area contributed by atoms with E-state index in [2.05, 4.69) is 36.1 Å². The van der Waals surface area contributed by atoms with Gasteiger partial charge in [-0.2, -0.15) is 0 Å². The summed E-state index contributed by atoms with van der Waals surface area (Å²) >= 11 is 0. The van der Waals surface area contributed by atoms with E-state index in [1.165, 1.54) is 5.56 Å². The molecule has 0 aliphatic carbocycles. The third-order valence-corrected chi connectivity index (χ3v) is 3.02. The minimum absolute atomic E-state index is 0.0837. The van der Waals surface area contributed by atoms with E-state index in [1.54, 1.807) is 6.20 Å². The average Bonchev–Trinajstić information content (AvgIpc) is 2.26. The van der Waals surface area contributed by atoms with Crippen LogP contribution in [0.5, 0.6) is 0 Å². The van der Waals surface area contributed by atoms with Crippen LogP contribution in [-0.4, -0.2) is 34.7 Å². The fraction of sp³-hybridized carbons (Fsp3) is 0.615. The number of rotatable bonds is 3. The minimum Gasteiger partial charge on any atom is -0.370 e. The Morgan fingerprint density at radius 3 is 3.06 bits per heavy atom. The first-order valence-electron chi connectivity index (χ1n) is 6.30. The van der Waals surface area contributed by atoms with Gasteiger partial charge in [-0.3, -0.25) is 4.90 Å². The van der Waals surface area contributed by atoms with Crippen molar-refractivity contribution in [2.75, 3.05) is 18.5 Å². The number of morpholine rings is 1. The van der Waals surface area contributed by atoms with Crippen molar-refractivity contribution >= 4 is 5.82 Å². The lowest BCUT2D eigenvalue weighted by Crippen LogP contribution is -2.51. The van der Waals surface area contributed by atoms with Gasteiger partial charge in [0, 0.05) is 25.8 Å². The van der Waals surface area contributed by atoms with Crippen molar-refractivity contribution in [1.29, 1.82) is 0 Å². The van der Waals surface area contributed by atoms with Crippen LogP contribution < -0.4 is 11.3 Å². The predicted molar refractivity (Wildman–Crippen MR) is 72.0 cm³/mol. The number of nitrogens with two attached hydrogens (primary N) is 1. The highest BCUT2D eigenvalue weighted by molar-refractivity contribution is 5.35. The molecule has 1 aliphatic heterocycles. The monoisotopic (exact) mass is 250 g/mol. The maximum absolute atomic E-state index is 5.90. The molecular weight excluding hydrogens is 228 g/mol. The van der Waals surface area contributed by atoms with E-state index < -0.39 is 0 Å². The molecule has 18 heavy (non-hydrogen) atoms. The van der Waals surface area contributed by atoms with Crippen LogP contribution in [0.25, 0.3) is 0 Å². The second-order valence-corrected chi connectivity index (χ2v) is 5.55. The van der Waals surface area contributed by atoms with Crippen molar-refractivity contribution in [3.05, 3.63) is 23.9 Å². The predicted octanol–water partition coefficient (Wildman–Crippen LogP) is 1.37. The summed E-state index contributed by atoms with van der Waals surface area (Å²) in [6, 6.07) is 4.00. The molecule has 1 aromatic rings. The van der Waals surface area contributed by atoms with Crippen molar-refractivity contribution in [2.24, 2.45) is 5.84 Å². The topological polar surface area (TPSA) is 63.4 Å². The lowest BCUT2D eigenvalue weighted by atomic mass is 10.0. The molecular formula is C13H22N4O. The zero-order valence-electron chi connectivity index (χ0n) is 11.3. The van der Waals surface area contributed by atoms with Gasteiger partial charge in [-0.15, -0.1) is 0 Å². The number of anilines is 1. The van der Waals surface area contributed by atoms with Crippen LogP contribution in [0.4, 0.5) is 5.82 Å². The quantitative estimate of drug-likeness (QED) is 0.626. The zero-order valence-corrected chi connectivity index (χ0v) is 11.3. The van der Waals surface area contributed by atoms with Gasteiger partial charge < -0.3 is 10.2 Å². The summed E-state index contributed by atoms with van der Waals surface area (Å²) in [6.45, 7) is 9.17. The Hall–Kier alpha value is -1.17. The maximum Gasteiger partial charge on any atom is 0.140 e. The molecule has 5 heteroatoms. The van der Waals surface area contributed by atoms with Gasteiger partial charge in [0.05, 0.1) is 11.7 Å². The summed E-state index contributed by atoms with van der Waals surface area (Å²) in [5.41, 5.74) is 3.70. The van der Waals surface area contributed by atoms with Crippen LogP contribution >= 0.6 is 0 Å². The molecule has 5 nitrogen and oxygen atoms in total. The number of nitrogens with zero attached hydrogens (tertiary/aromatic N) is 2. The number of aromatic nitrogens is 1. The highest BCUT2D eigenvalue weighted by atomic mass is 16.5. The molecule has 0 bridgehead atoms. The molecule has 0 radical (unpaired) electrons. The molecule has 100 valence electrons. The van der Waals surface area contributed by atoms with E-state index in [0.29, 0.717) is 5.82 Å². The first-order valence-corrected chi connectivity index (χ1v) is 6.30. The lowest BCUT2D eigenvalue weighted by molar-refractivity contribution is -0.130. The van der Waals surface area contributed by atoms with E-state index in [9.17, 15) is 0 Å². The first kappa shape index (κ1) is 13.3. The van der Waals surface area contributed by atoms with E-state index in [-0.39, 0.29) is 11.7 Å². The van der Waals surface area contributed by atoms with Crippen molar-refractivity contribution < 1.29 is 4.74 Å². The third kappa shape index (κ3) is 3.41. The maximum atomic E-state index is 5.90. The van der Waals surface area contributed by atoms with Crippen molar-refractivity contribution in [1.82, 2.24) is 9.88 Å². The molecule has 1 aliphatic rings. The molecule has 1 fully saturated rings. The second-order valence-electron chi connectivity index (χ2n) is 5.55.